The van der Waals surface area contributed by atoms with Crippen molar-refractivity contribution in [3.05, 3.63) is 52.5 Å². The van der Waals surface area contributed by atoms with Gasteiger partial charge in [0.25, 0.3) is 0 Å². The first-order valence-electron chi connectivity index (χ1n) is 6.48. The lowest BCUT2D eigenvalue weighted by Gasteiger charge is -2.33. The number of halogens is 1. The van der Waals surface area contributed by atoms with Crippen LogP contribution >= 0.6 is 15.9 Å². The van der Waals surface area contributed by atoms with Crippen molar-refractivity contribution in [1.29, 1.82) is 0 Å². The minimum atomic E-state index is 0.441. The molecule has 0 bridgehead atoms. The van der Waals surface area contributed by atoms with E-state index in [9.17, 15) is 0 Å². The first kappa shape index (κ1) is 12.0. The van der Waals surface area contributed by atoms with Gasteiger partial charge in [-0.15, -0.1) is 0 Å². The average Bonchev–Trinajstić information content (AvgIpc) is 2.69. The molecule has 1 aliphatic rings. The highest BCUT2D eigenvalue weighted by Gasteiger charge is 2.32. The molecule has 18 heavy (non-hydrogen) atoms. The first-order valence-corrected chi connectivity index (χ1v) is 7.27. The van der Waals surface area contributed by atoms with Crippen LogP contribution in [0.25, 0.3) is 0 Å². The molecule has 1 aromatic carbocycles. The van der Waals surface area contributed by atoms with Crippen LogP contribution in [0.1, 0.15) is 36.6 Å². The molecule has 0 unspecified atom stereocenters. The summed E-state index contributed by atoms with van der Waals surface area (Å²) >= 11 is 3.57. The van der Waals surface area contributed by atoms with Gasteiger partial charge in [-0.05, 0) is 36.5 Å². The van der Waals surface area contributed by atoms with E-state index in [2.05, 4.69) is 56.8 Å². The van der Waals surface area contributed by atoms with Crippen LogP contribution in [0.5, 0.6) is 0 Å². The van der Waals surface area contributed by atoms with E-state index in [1.54, 1.807) is 0 Å². The van der Waals surface area contributed by atoms with Gasteiger partial charge in [0.15, 0.2) is 0 Å². The maximum atomic E-state index is 4.57. The molecule has 1 aliphatic carbocycles. The van der Waals surface area contributed by atoms with Crippen LogP contribution in [-0.4, -0.2) is 9.55 Å². The smallest absolute Gasteiger partial charge is 0.116 e. The largest absolute Gasteiger partial charge is 0.337 e. The molecule has 3 rings (SSSR count). The Kier molecular flexibility index (Phi) is 3.25. The highest BCUT2D eigenvalue weighted by Crippen LogP contribution is 2.42. The van der Waals surface area contributed by atoms with Gasteiger partial charge in [-0.1, -0.05) is 34.5 Å². The summed E-state index contributed by atoms with van der Waals surface area (Å²) in [5, 5.41) is 0. The highest BCUT2D eigenvalue weighted by molar-refractivity contribution is 9.10. The van der Waals surface area contributed by atoms with Gasteiger partial charge in [0.05, 0.1) is 0 Å². The van der Waals surface area contributed by atoms with Crippen LogP contribution in [0, 0.1) is 5.92 Å². The quantitative estimate of drug-likeness (QED) is 0.834. The lowest BCUT2D eigenvalue weighted by Crippen LogP contribution is -2.23. The van der Waals surface area contributed by atoms with Crippen molar-refractivity contribution in [1.82, 2.24) is 9.55 Å². The molecule has 1 aromatic heterocycles. The lowest BCUT2D eigenvalue weighted by atomic mass is 9.72. The predicted molar refractivity (Wildman–Crippen MR) is 76.5 cm³/mol. The van der Waals surface area contributed by atoms with E-state index in [0.717, 1.165) is 10.4 Å². The van der Waals surface area contributed by atoms with Gasteiger partial charge in [-0.2, -0.15) is 0 Å². The fourth-order valence-corrected chi connectivity index (χ4v) is 3.20. The van der Waals surface area contributed by atoms with E-state index in [4.69, 9.17) is 0 Å². The number of benzene rings is 1. The second-order valence-electron chi connectivity index (χ2n) is 5.12. The molecule has 1 fully saturated rings. The molecule has 0 radical (unpaired) electrons. The van der Waals surface area contributed by atoms with Gasteiger partial charge < -0.3 is 4.57 Å². The maximum Gasteiger partial charge on any atom is 0.116 e. The van der Waals surface area contributed by atoms with E-state index in [-0.39, 0.29) is 0 Å². The molecular weight excluding hydrogens is 288 g/mol. The molecule has 0 N–H and O–H groups in total. The van der Waals surface area contributed by atoms with Gasteiger partial charge in [0, 0.05) is 29.8 Å². The Bertz CT molecular complexity index is 543. The Balaban J connectivity index is 2.03. The standard InChI is InChI=1S/C15H17BrN2/c1-18-9-8-17-15(18)14(11-4-2-5-11)12-6-3-7-13(16)10-12/h3,6-11,14H,2,4-5H2,1H3/t14-/m1/s1. The zero-order valence-corrected chi connectivity index (χ0v) is 12.1. The van der Waals surface area contributed by atoms with E-state index < -0.39 is 0 Å². The fraction of sp³-hybridized carbons (Fsp3) is 0.400. The number of aromatic nitrogens is 2. The van der Waals surface area contributed by atoms with Crippen LogP contribution in [0.3, 0.4) is 0 Å². The minimum absolute atomic E-state index is 0.441. The SMILES string of the molecule is Cn1ccnc1[C@@H](c1cccc(Br)c1)C1CCC1. The molecule has 0 saturated heterocycles. The van der Waals surface area contributed by atoms with Gasteiger partial charge in [0.2, 0.25) is 0 Å². The molecule has 0 spiro atoms. The van der Waals surface area contributed by atoms with E-state index in [0.29, 0.717) is 5.92 Å². The normalized spacial score (nSPS) is 17.4. The number of hydrogen-bond acceptors (Lipinski definition) is 1. The molecule has 1 saturated carbocycles. The number of imidazole rings is 1. The van der Waals surface area contributed by atoms with Gasteiger partial charge >= 0.3 is 0 Å². The van der Waals surface area contributed by atoms with Gasteiger partial charge in [0.1, 0.15) is 5.82 Å². The fourth-order valence-electron chi connectivity index (χ4n) is 2.78. The summed E-state index contributed by atoms with van der Waals surface area (Å²) in [5.74, 6) is 2.38. The third-order valence-electron chi connectivity index (χ3n) is 3.97. The Hall–Kier alpha value is -1.09. The number of aryl methyl sites for hydroxylation is 1. The van der Waals surface area contributed by atoms with Crippen molar-refractivity contribution in [3.8, 4) is 0 Å². The van der Waals surface area contributed by atoms with Crippen molar-refractivity contribution in [3.63, 3.8) is 0 Å². The van der Waals surface area contributed by atoms with E-state index >= 15 is 0 Å². The topological polar surface area (TPSA) is 17.8 Å². The Morgan fingerprint density at radius 1 is 1.39 bits per heavy atom. The molecule has 2 aromatic rings. The van der Waals surface area contributed by atoms with Crippen molar-refractivity contribution in [2.45, 2.75) is 25.2 Å². The van der Waals surface area contributed by atoms with Crippen LogP contribution in [0.4, 0.5) is 0 Å². The minimum Gasteiger partial charge on any atom is -0.337 e. The predicted octanol–water partition coefficient (Wildman–Crippen LogP) is 4.11. The second kappa shape index (κ2) is 4.88. The van der Waals surface area contributed by atoms with Crippen LogP contribution < -0.4 is 0 Å². The molecular formula is C15H17BrN2. The second-order valence-corrected chi connectivity index (χ2v) is 6.04. The summed E-state index contributed by atoms with van der Waals surface area (Å²) in [7, 11) is 2.09. The van der Waals surface area contributed by atoms with Crippen molar-refractivity contribution >= 4 is 15.9 Å². The van der Waals surface area contributed by atoms with Gasteiger partial charge in [-0.3, -0.25) is 0 Å². The maximum absolute atomic E-state index is 4.57. The summed E-state index contributed by atoms with van der Waals surface area (Å²) in [6, 6.07) is 8.66. The molecule has 1 atom stereocenters. The van der Waals surface area contributed by atoms with Crippen LogP contribution in [0.15, 0.2) is 41.1 Å². The monoisotopic (exact) mass is 304 g/mol. The third-order valence-corrected chi connectivity index (χ3v) is 4.46. The van der Waals surface area contributed by atoms with Crippen molar-refractivity contribution < 1.29 is 0 Å². The Morgan fingerprint density at radius 3 is 2.78 bits per heavy atom. The Labute approximate surface area is 116 Å². The summed E-state index contributed by atoms with van der Waals surface area (Å²) in [4.78, 5) is 4.57. The van der Waals surface area contributed by atoms with Crippen molar-refractivity contribution in [2.75, 3.05) is 0 Å². The summed E-state index contributed by atoms with van der Waals surface area (Å²) < 4.78 is 3.31. The molecule has 0 aliphatic heterocycles. The van der Waals surface area contributed by atoms with E-state index in [1.165, 1.54) is 30.7 Å². The number of hydrogen-bond donors (Lipinski definition) is 0. The number of nitrogens with zero attached hydrogens (tertiary/aromatic N) is 2. The zero-order chi connectivity index (χ0) is 12.5. The molecule has 0 amide bonds. The van der Waals surface area contributed by atoms with E-state index in [1.807, 2.05) is 12.4 Å². The summed E-state index contributed by atoms with van der Waals surface area (Å²) in [6.45, 7) is 0. The third kappa shape index (κ3) is 2.12. The summed E-state index contributed by atoms with van der Waals surface area (Å²) in [5.41, 5.74) is 1.38. The zero-order valence-electron chi connectivity index (χ0n) is 10.5. The Morgan fingerprint density at radius 2 is 2.22 bits per heavy atom. The van der Waals surface area contributed by atoms with Crippen LogP contribution in [0.2, 0.25) is 0 Å². The highest BCUT2D eigenvalue weighted by atomic mass is 79.9. The summed E-state index contributed by atoms with van der Waals surface area (Å²) in [6.07, 6.45) is 7.95. The molecule has 2 nitrogen and oxygen atoms in total. The average molecular weight is 305 g/mol. The van der Waals surface area contributed by atoms with Crippen LogP contribution in [-0.2, 0) is 7.05 Å². The molecule has 3 heteroatoms. The number of rotatable bonds is 3. The molecule has 1 heterocycles. The first-order chi connectivity index (χ1) is 8.75. The molecule has 94 valence electrons. The van der Waals surface area contributed by atoms with Crippen molar-refractivity contribution in [2.24, 2.45) is 13.0 Å². The lowest BCUT2D eigenvalue weighted by molar-refractivity contribution is 0.275. The van der Waals surface area contributed by atoms with Gasteiger partial charge in [-0.25, -0.2) is 4.98 Å².